The zero-order valence-corrected chi connectivity index (χ0v) is 8.85. The number of ketones is 1. The number of carbonyl (C=O) groups is 1. The highest BCUT2D eigenvalue weighted by Crippen LogP contribution is 2.30. The number of Topliss-reactive ketones (excluding diaryl/α,β-unsaturated/α-hetero) is 1. The van der Waals surface area contributed by atoms with Crippen LogP contribution in [0.5, 0.6) is 0 Å². The number of rotatable bonds is 3. The molecule has 0 saturated heterocycles. The SMILES string of the molecule is O=C(c1ccc2c(c1)CCC2)C(F)(F)C(F)F. The summed E-state index contributed by atoms with van der Waals surface area (Å²) < 4.78 is 49.9. The summed E-state index contributed by atoms with van der Waals surface area (Å²) >= 11 is 0. The molecule has 0 saturated carbocycles. The molecule has 17 heavy (non-hydrogen) atoms. The lowest BCUT2D eigenvalue weighted by atomic mass is 10.0. The fourth-order valence-electron chi connectivity index (χ4n) is 2.00. The summed E-state index contributed by atoms with van der Waals surface area (Å²) in [5.41, 5.74) is 1.47. The van der Waals surface area contributed by atoms with Gasteiger partial charge in [0.15, 0.2) is 0 Å². The van der Waals surface area contributed by atoms with Crippen molar-refractivity contribution in [3.05, 3.63) is 34.9 Å². The first-order chi connectivity index (χ1) is 7.93. The summed E-state index contributed by atoms with van der Waals surface area (Å²) in [4.78, 5) is 11.3. The predicted molar refractivity (Wildman–Crippen MR) is 53.7 cm³/mol. The molecular weight excluding hydrogens is 236 g/mol. The van der Waals surface area contributed by atoms with Crippen LogP contribution in [0.25, 0.3) is 0 Å². The van der Waals surface area contributed by atoms with Crippen molar-refractivity contribution in [2.75, 3.05) is 0 Å². The van der Waals surface area contributed by atoms with Crippen LogP contribution in [0.15, 0.2) is 18.2 Å². The van der Waals surface area contributed by atoms with Crippen molar-refractivity contribution in [1.29, 1.82) is 0 Å². The van der Waals surface area contributed by atoms with E-state index in [2.05, 4.69) is 0 Å². The highest BCUT2D eigenvalue weighted by molar-refractivity contribution is 6.01. The van der Waals surface area contributed by atoms with E-state index >= 15 is 0 Å². The minimum absolute atomic E-state index is 0.337. The van der Waals surface area contributed by atoms with E-state index in [1.165, 1.54) is 12.1 Å². The van der Waals surface area contributed by atoms with Crippen LogP contribution < -0.4 is 0 Å². The fourth-order valence-corrected chi connectivity index (χ4v) is 2.00. The third kappa shape index (κ3) is 2.06. The van der Waals surface area contributed by atoms with Crippen molar-refractivity contribution in [1.82, 2.24) is 0 Å². The summed E-state index contributed by atoms with van der Waals surface area (Å²) in [6.07, 6.45) is -1.52. The Labute approximate surface area is 95.4 Å². The van der Waals surface area contributed by atoms with Crippen molar-refractivity contribution in [3.8, 4) is 0 Å². The van der Waals surface area contributed by atoms with Crippen LogP contribution in [-0.4, -0.2) is 18.1 Å². The summed E-state index contributed by atoms with van der Waals surface area (Å²) in [5, 5.41) is 0. The lowest BCUT2D eigenvalue weighted by Crippen LogP contribution is -2.36. The Bertz CT molecular complexity index is 454. The summed E-state index contributed by atoms with van der Waals surface area (Å²) in [6.45, 7) is 0. The van der Waals surface area contributed by atoms with E-state index in [1.54, 1.807) is 6.07 Å². The van der Waals surface area contributed by atoms with Crippen LogP contribution in [-0.2, 0) is 12.8 Å². The molecule has 0 fully saturated rings. The minimum atomic E-state index is -4.60. The number of alkyl halides is 4. The standard InChI is InChI=1S/C12H10F4O/c13-11(14)12(15,16)10(17)9-5-4-7-2-1-3-8(7)6-9/h4-6,11H,1-3H2. The van der Waals surface area contributed by atoms with Gasteiger partial charge in [-0.25, -0.2) is 8.78 Å². The first-order valence-corrected chi connectivity index (χ1v) is 5.25. The Morgan fingerprint density at radius 2 is 1.82 bits per heavy atom. The molecule has 1 nitrogen and oxygen atoms in total. The number of carbonyl (C=O) groups excluding carboxylic acids is 1. The lowest BCUT2D eigenvalue weighted by molar-refractivity contribution is -0.0958. The number of fused-ring (bicyclic) bond motifs is 1. The summed E-state index contributed by atoms with van der Waals surface area (Å²) in [6, 6.07) is 4.07. The van der Waals surface area contributed by atoms with Crippen LogP contribution >= 0.6 is 0 Å². The number of aryl methyl sites for hydroxylation is 2. The molecule has 0 heterocycles. The number of hydrogen-bond donors (Lipinski definition) is 0. The second-order valence-electron chi connectivity index (χ2n) is 4.09. The molecule has 0 bridgehead atoms. The highest BCUT2D eigenvalue weighted by Gasteiger charge is 2.49. The van der Waals surface area contributed by atoms with Gasteiger partial charge in [0.25, 0.3) is 0 Å². The van der Waals surface area contributed by atoms with Gasteiger partial charge in [0, 0.05) is 5.56 Å². The third-order valence-electron chi connectivity index (χ3n) is 2.94. The molecule has 0 aromatic heterocycles. The smallest absolute Gasteiger partial charge is 0.287 e. The molecule has 0 radical (unpaired) electrons. The van der Waals surface area contributed by atoms with Gasteiger partial charge in [-0.1, -0.05) is 12.1 Å². The molecule has 0 atom stereocenters. The van der Waals surface area contributed by atoms with Gasteiger partial charge in [0.2, 0.25) is 5.78 Å². The average molecular weight is 246 g/mol. The van der Waals surface area contributed by atoms with Crippen LogP contribution in [0.4, 0.5) is 17.6 Å². The van der Waals surface area contributed by atoms with Gasteiger partial charge in [-0.05, 0) is 36.5 Å². The summed E-state index contributed by atoms with van der Waals surface area (Å²) in [7, 11) is 0. The van der Waals surface area contributed by atoms with Gasteiger partial charge in [-0.3, -0.25) is 4.79 Å². The van der Waals surface area contributed by atoms with E-state index in [0.29, 0.717) is 6.42 Å². The molecule has 5 heteroatoms. The number of halogens is 4. The van der Waals surface area contributed by atoms with Crippen molar-refractivity contribution >= 4 is 5.78 Å². The van der Waals surface area contributed by atoms with Gasteiger partial charge in [-0.15, -0.1) is 0 Å². The topological polar surface area (TPSA) is 17.1 Å². The fraction of sp³-hybridized carbons (Fsp3) is 0.417. The second-order valence-corrected chi connectivity index (χ2v) is 4.09. The molecule has 1 aromatic carbocycles. The van der Waals surface area contributed by atoms with Crippen LogP contribution in [0.2, 0.25) is 0 Å². The van der Waals surface area contributed by atoms with Crippen LogP contribution in [0.3, 0.4) is 0 Å². The molecular formula is C12H10F4O. The Kier molecular flexibility index (Phi) is 2.93. The van der Waals surface area contributed by atoms with Gasteiger partial charge < -0.3 is 0 Å². The molecule has 1 aliphatic rings. The van der Waals surface area contributed by atoms with Crippen molar-refractivity contribution < 1.29 is 22.4 Å². The first-order valence-electron chi connectivity index (χ1n) is 5.25. The Balaban J connectivity index is 2.32. The minimum Gasteiger partial charge on any atom is -0.287 e. The molecule has 0 amide bonds. The van der Waals surface area contributed by atoms with E-state index < -0.39 is 18.1 Å². The maximum absolute atomic E-state index is 12.9. The molecule has 0 spiro atoms. The zero-order valence-electron chi connectivity index (χ0n) is 8.85. The van der Waals surface area contributed by atoms with Gasteiger partial charge in [0.05, 0.1) is 0 Å². The first kappa shape index (κ1) is 12.1. The monoisotopic (exact) mass is 246 g/mol. The van der Waals surface area contributed by atoms with Gasteiger partial charge in [0.1, 0.15) is 0 Å². The molecule has 2 rings (SSSR count). The average Bonchev–Trinajstić information content (AvgIpc) is 2.74. The molecule has 0 N–H and O–H groups in total. The quantitative estimate of drug-likeness (QED) is 0.591. The Hall–Kier alpha value is -1.39. The molecule has 1 aromatic rings. The summed E-state index contributed by atoms with van der Waals surface area (Å²) in [5.74, 6) is -6.41. The Morgan fingerprint density at radius 3 is 2.47 bits per heavy atom. The highest BCUT2D eigenvalue weighted by atomic mass is 19.3. The third-order valence-corrected chi connectivity index (χ3v) is 2.94. The number of benzene rings is 1. The van der Waals surface area contributed by atoms with E-state index in [1.807, 2.05) is 0 Å². The predicted octanol–water partition coefficient (Wildman–Crippen LogP) is 3.26. The molecule has 0 unspecified atom stereocenters. The maximum Gasteiger partial charge on any atom is 0.368 e. The molecule has 1 aliphatic carbocycles. The van der Waals surface area contributed by atoms with Crippen LogP contribution in [0.1, 0.15) is 27.9 Å². The lowest BCUT2D eigenvalue weighted by Gasteiger charge is -2.14. The normalized spacial score (nSPS) is 15.1. The van der Waals surface area contributed by atoms with Crippen molar-refractivity contribution in [3.63, 3.8) is 0 Å². The maximum atomic E-state index is 12.9. The zero-order chi connectivity index (χ0) is 12.6. The largest absolute Gasteiger partial charge is 0.368 e. The number of hydrogen-bond acceptors (Lipinski definition) is 1. The van der Waals surface area contributed by atoms with Gasteiger partial charge >= 0.3 is 12.3 Å². The molecule has 0 aliphatic heterocycles. The molecule has 92 valence electrons. The van der Waals surface area contributed by atoms with E-state index in [9.17, 15) is 22.4 Å². The van der Waals surface area contributed by atoms with E-state index in [4.69, 9.17) is 0 Å². The van der Waals surface area contributed by atoms with E-state index in [0.717, 1.165) is 24.0 Å². The van der Waals surface area contributed by atoms with E-state index in [-0.39, 0.29) is 5.56 Å². The Morgan fingerprint density at radius 1 is 1.18 bits per heavy atom. The van der Waals surface area contributed by atoms with Crippen LogP contribution in [0, 0.1) is 0 Å². The van der Waals surface area contributed by atoms with Crippen molar-refractivity contribution in [2.45, 2.75) is 31.6 Å². The van der Waals surface area contributed by atoms with Crippen molar-refractivity contribution in [2.24, 2.45) is 0 Å². The second kappa shape index (κ2) is 4.13. The van der Waals surface area contributed by atoms with Gasteiger partial charge in [-0.2, -0.15) is 8.78 Å².